The Hall–Kier alpha value is -1.00. The highest BCUT2D eigenvalue weighted by Gasteiger charge is 2.17. The lowest BCUT2D eigenvalue weighted by Crippen LogP contribution is -2.34. The maximum atomic E-state index is 12.2. The molecule has 6 heteroatoms. The smallest absolute Gasteiger partial charge is 0.240 e. The zero-order chi connectivity index (χ0) is 15.2. The molecular formula is C14H19NO3S2. The molecule has 0 fully saturated rings. The first kappa shape index (κ1) is 17.1. The van der Waals surface area contributed by atoms with Crippen molar-refractivity contribution < 1.29 is 13.5 Å². The van der Waals surface area contributed by atoms with Gasteiger partial charge >= 0.3 is 0 Å². The van der Waals surface area contributed by atoms with Crippen molar-refractivity contribution in [3.63, 3.8) is 0 Å². The van der Waals surface area contributed by atoms with E-state index in [0.29, 0.717) is 0 Å². The Kier molecular flexibility index (Phi) is 6.56. The highest BCUT2D eigenvalue weighted by molar-refractivity contribution is 7.98. The Morgan fingerprint density at radius 3 is 2.70 bits per heavy atom. The fourth-order valence-corrected chi connectivity index (χ4v) is 3.71. The van der Waals surface area contributed by atoms with E-state index in [1.54, 1.807) is 30.8 Å². The Morgan fingerprint density at radius 2 is 2.15 bits per heavy atom. The highest BCUT2D eigenvalue weighted by atomic mass is 32.2. The Bertz CT molecular complexity index is 615. The van der Waals surface area contributed by atoms with Crippen LogP contribution in [0.3, 0.4) is 0 Å². The van der Waals surface area contributed by atoms with Crippen molar-refractivity contribution in [1.82, 2.24) is 4.72 Å². The lowest BCUT2D eigenvalue weighted by molar-refractivity contribution is 0.350. The molecule has 1 aromatic carbocycles. The van der Waals surface area contributed by atoms with Crippen molar-refractivity contribution in [2.75, 3.05) is 18.6 Å². The molecule has 0 saturated carbocycles. The van der Waals surface area contributed by atoms with Crippen molar-refractivity contribution in [3.8, 4) is 11.8 Å². The van der Waals surface area contributed by atoms with Crippen molar-refractivity contribution >= 4 is 21.8 Å². The highest BCUT2D eigenvalue weighted by Crippen LogP contribution is 2.15. The van der Waals surface area contributed by atoms with Gasteiger partial charge < -0.3 is 5.11 Å². The van der Waals surface area contributed by atoms with Gasteiger partial charge in [-0.25, -0.2) is 13.1 Å². The summed E-state index contributed by atoms with van der Waals surface area (Å²) in [6.07, 6.45) is 1.93. The van der Waals surface area contributed by atoms with Crippen molar-refractivity contribution in [2.45, 2.75) is 24.8 Å². The number of hydrogen-bond donors (Lipinski definition) is 2. The van der Waals surface area contributed by atoms with E-state index in [1.165, 1.54) is 6.07 Å². The number of aliphatic hydroxyl groups is 1. The van der Waals surface area contributed by atoms with Gasteiger partial charge in [0, 0.05) is 17.4 Å². The van der Waals surface area contributed by atoms with Gasteiger partial charge in [-0.2, -0.15) is 11.8 Å². The van der Waals surface area contributed by atoms with Crippen molar-refractivity contribution in [2.24, 2.45) is 0 Å². The monoisotopic (exact) mass is 313 g/mol. The quantitative estimate of drug-likeness (QED) is 0.806. The van der Waals surface area contributed by atoms with Crippen LogP contribution in [-0.4, -0.2) is 38.2 Å². The van der Waals surface area contributed by atoms with Crippen LogP contribution in [0.5, 0.6) is 0 Å². The summed E-state index contributed by atoms with van der Waals surface area (Å²) in [4.78, 5) is 0.234. The second-order valence-corrected chi connectivity index (χ2v) is 7.04. The van der Waals surface area contributed by atoms with E-state index in [-0.39, 0.29) is 17.5 Å². The molecule has 1 rings (SSSR count). The average Bonchev–Trinajstić information content (AvgIpc) is 2.36. The fraction of sp³-hybridized carbons (Fsp3) is 0.429. The predicted molar refractivity (Wildman–Crippen MR) is 83.3 cm³/mol. The first-order valence-electron chi connectivity index (χ1n) is 6.12. The minimum absolute atomic E-state index is 0.121. The van der Waals surface area contributed by atoms with Gasteiger partial charge in [-0.15, -0.1) is 0 Å². The molecule has 0 aliphatic carbocycles. The molecular weight excluding hydrogens is 294 g/mol. The standard InChI is InChI=1S/C14H19NO3S2/c1-11-9-14(7-6-13(11)5-4-8-16)20(17,18)15-12(2)10-19-3/h6-7,9,12,15-16H,8,10H2,1-3H3. The van der Waals surface area contributed by atoms with Gasteiger partial charge in [0.2, 0.25) is 10.0 Å². The molecule has 2 N–H and O–H groups in total. The summed E-state index contributed by atoms with van der Waals surface area (Å²) in [5.74, 6) is 6.05. The third kappa shape index (κ3) is 4.84. The van der Waals surface area contributed by atoms with Crippen molar-refractivity contribution in [1.29, 1.82) is 0 Å². The lowest BCUT2D eigenvalue weighted by atomic mass is 10.1. The number of rotatable bonds is 5. The van der Waals surface area contributed by atoms with Crippen LogP contribution in [0.15, 0.2) is 23.1 Å². The summed E-state index contributed by atoms with van der Waals surface area (Å²) in [6.45, 7) is 3.42. The summed E-state index contributed by atoms with van der Waals surface area (Å²) in [5.41, 5.74) is 1.49. The van der Waals surface area contributed by atoms with Gasteiger partial charge in [-0.3, -0.25) is 0 Å². The molecule has 20 heavy (non-hydrogen) atoms. The molecule has 0 aliphatic heterocycles. The van der Waals surface area contributed by atoms with Crippen LogP contribution in [0.1, 0.15) is 18.1 Å². The molecule has 4 nitrogen and oxygen atoms in total. The number of aryl methyl sites for hydroxylation is 1. The minimum Gasteiger partial charge on any atom is -0.384 e. The number of benzene rings is 1. The second kappa shape index (κ2) is 7.70. The van der Waals surface area contributed by atoms with Gasteiger partial charge in [0.15, 0.2) is 0 Å². The molecule has 0 aliphatic rings. The maximum absolute atomic E-state index is 12.2. The lowest BCUT2D eigenvalue weighted by Gasteiger charge is -2.13. The normalized spacial score (nSPS) is 12.6. The molecule has 110 valence electrons. The Labute approximate surface area is 125 Å². The summed E-state index contributed by atoms with van der Waals surface area (Å²) < 4.78 is 27.0. The summed E-state index contributed by atoms with van der Waals surface area (Å²) >= 11 is 1.59. The first-order chi connectivity index (χ1) is 9.40. The Balaban J connectivity index is 3.00. The number of aliphatic hydroxyl groups excluding tert-OH is 1. The fourth-order valence-electron chi connectivity index (χ4n) is 1.70. The zero-order valence-electron chi connectivity index (χ0n) is 11.8. The van der Waals surface area contributed by atoms with E-state index in [9.17, 15) is 8.42 Å². The molecule has 0 radical (unpaired) electrons. The Morgan fingerprint density at radius 1 is 1.45 bits per heavy atom. The summed E-state index contributed by atoms with van der Waals surface area (Å²) in [6, 6.07) is 4.66. The van der Waals surface area contributed by atoms with E-state index < -0.39 is 10.0 Å². The van der Waals surface area contributed by atoms with Crippen LogP contribution >= 0.6 is 11.8 Å². The van der Waals surface area contributed by atoms with Crippen LogP contribution in [0.4, 0.5) is 0 Å². The van der Waals surface area contributed by atoms with E-state index >= 15 is 0 Å². The molecule has 0 amide bonds. The van der Waals surface area contributed by atoms with E-state index in [1.807, 2.05) is 13.2 Å². The molecule has 0 spiro atoms. The van der Waals surface area contributed by atoms with Gasteiger partial charge in [-0.05, 0) is 43.9 Å². The van der Waals surface area contributed by atoms with Crippen LogP contribution in [-0.2, 0) is 10.0 Å². The molecule has 0 bridgehead atoms. The zero-order valence-corrected chi connectivity index (χ0v) is 13.4. The largest absolute Gasteiger partial charge is 0.384 e. The second-order valence-electron chi connectivity index (χ2n) is 4.41. The van der Waals surface area contributed by atoms with Crippen LogP contribution in [0.25, 0.3) is 0 Å². The number of hydrogen-bond acceptors (Lipinski definition) is 4. The summed E-state index contributed by atoms with van der Waals surface area (Å²) in [5, 5.41) is 8.67. The third-order valence-corrected chi connectivity index (χ3v) is 5.00. The number of nitrogens with one attached hydrogen (secondary N) is 1. The molecule has 1 unspecified atom stereocenters. The van der Waals surface area contributed by atoms with Gasteiger partial charge in [0.25, 0.3) is 0 Å². The predicted octanol–water partition coefficient (Wildman–Crippen LogP) is 1.37. The molecule has 0 aromatic heterocycles. The van der Waals surface area contributed by atoms with E-state index in [0.717, 1.165) is 16.9 Å². The number of thioether (sulfide) groups is 1. The van der Waals surface area contributed by atoms with Crippen molar-refractivity contribution in [3.05, 3.63) is 29.3 Å². The maximum Gasteiger partial charge on any atom is 0.240 e. The van der Waals surface area contributed by atoms with Gasteiger partial charge in [-0.1, -0.05) is 11.8 Å². The topological polar surface area (TPSA) is 66.4 Å². The van der Waals surface area contributed by atoms with Crippen LogP contribution in [0, 0.1) is 18.8 Å². The van der Waals surface area contributed by atoms with E-state index in [2.05, 4.69) is 16.6 Å². The molecule has 1 atom stereocenters. The van der Waals surface area contributed by atoms with Gasteiger partial charge in [0.1, 0.15) is 6.61 Å². The van der Waals surface area contributed by atoms with E-state index in [4.69, 9.17) is 5.11 Å². The third-order valence-electron chi connectivity index (χ3n) is 2.58. The molecule has 0 saturated heterocycles. The van der Waals surface area contributed by atoms with Crippen LogP contribution in [0.2, 0.25) is 0 Å². The summed E-state index contributed by atoms with van der Waals surface area (Å²) in [7, 11) is -3.50. The molecule has 0 heterocycles. The SMILES string of the molecule is CSCC(C)NS(=O)(=O)c1ccc(C#CCO)c(C)c1. The van der Waals surface area contributed by atoms with Crippen LogP contribution < -0.4 is 4.72 Å². The first-order valence-corrected chi connectivity index (χ1v) is 9.00. The number of sulfonamides is 1. The van der Waals surface area contributed by atoms with Gasteiger partial charge in [0.05, 0.1) is 4.90 Å². The average molecular weight is 313 g/mol. The minimum atomic E-state index is -3.50. The molecule has 1 aromatic rings.